The quantitative estimate of drug-likeness (QED) is 0.777. The Morgan fingerprint density at radius 1 is 1.12 bits per heavy atom. The highest BCUT2D eigenvalue weighted by atomic mass is 32.2. The molecule has 0 saturated heterocycles. The van der Waals surface area contributed by atoms with E-state index in [0.29, 0.717) is 24.9 Å². The monoisotopic (exact) mass is 376 g/mol. The van der Waals surface area contributed by atoms with Crippen LogP contribution in [0.1, 0.15) is 49.3 Å². The van der Waals surface area contributed by atoms with E-state index in [1.807, 2.05) is 0 Å². The van der Waals surface area contributed by atoms with Crippen molar-refractivity contribution in [3.63, 3.8) is 0 Å². The molecule has 2 aliphatic rings. The summed E-state index contributed by atoms with van der Waals surface area (Å²) in [6, 6.07) is 0.558. The number of benzene rings is 1. The van der Waals surface area contributed by atoms with E-state index in [2.05, 4.69) is 10.0 Å². The molecule has 1 aromatic rings. The number of aryl methyl sites for hydroxylation is 1. The summed E-state index contributed by atoms with van der Waals surface area (Å²) >= 11 is 0. The number of rotatable bonds is 5. The minimum absolute atomic E-state index is 0.0980. The second kappa shape index (κ2) is 7.25. The molecule has 0 spiro atoms. The molecule has 1 fully saturated rings. The van der Waals surface area contributed by atoms with Gasteiger partial charge in [-0.3, -0.25) is 0 Å². The summed E-state index contributed by atoms with van der Waals surface area (Å²) in [4.78, 5) is 0. The molecule has 0 aliphatic heterocycles. The van der Waals surface area contributed by atoms with Crippen molar-refractivity contribution in [1.82, 2.24) is 10.0 Å². The van der Waals surface area contributed by atoms with E-state index in [1.165, 1.54) is 0 Å². The van der Waals surface area contributed by atoms with Crippen LogP contribution in [0.4, 0.5) is 13.2 Å². The molecule has 0 amide bonds. The van der Waals surface area contributed by atoms with Crippen molar-refractivity contribution >= 4 is 10.0 Å². The van der Waals surface area contributed by atoms with Crippen LogP contribution in [0.2, 0.25) is 0 Å². The van der Waals surface area contributed by atoms with Crippen LogP contribution in [-0.4, -0.2) is 27.3 Å². The second-order valence-corrected chi connectivity index (χ2v) is 8.88. The Morgan fingerprint density at radius 2 is 1.84 bits per heavy atom. The summed E-state index contributed by atoms with van der Waals surface area (Å²) in [6.45, 7) is 0.510. The summed E-state index contributed by atoms with van der Waals surface area (Å²) in [5.41, 5.74) is 0.714. The zero-order chi connectivity index (χ0) is 18.2. The topological polar surface area (TPSA) is 58.2 Å². The standard InChI is InChI=1S/C17H23F3N2O2S/c1-25(23,24)22-13-5-3-2-4-11(13)9-21-14-7-6-10-8-12(18)16(19)17(20)15(10)14/h8,11,13-14,21-22H,2-7,9H2,1H3. The van der Waals surface area contributed by atoms with Crippen molar-refractivity contribution in [1.29, 1.82) is 0 Å². The van der Waals surface area contributed by atoms with Crippen LogP contribution >= 0.6 is 0 Å². The van der Waals surface area contributed by atoms with Gasteiger partial charge in [0.05, 0.1) is 6.26 Å². The van der Waals surface area contributed by atoms with Crippen molar-refractivity contribution in [2.75, 3.05) is 12.8 Å². The highest BCUT2D eigenvalue weighted by Crippen LogP contribution is 2.36. The van der Waals surface area contributed by atoms with Gasteiger partial charge >= 0.3 is 0 Å². The minimum atomic E-state index is -3.29. The maximum Gasteiger partial charge on any atom is 0.208 e. The number of hydrogen-bond acceptors (Lipinski definition) is 3. The normalized spacial score (nSPS) is 26.6. The molecule has 1 saturated carbocycles. The molecule has 2 aliphatic carbocycles. The van der Waals surface area contributed by atoms with Gasteiger partial charge in [-0.1, -0.05) is 12.8 Å². The van der Waals surface area contributed by atoms with Crippen molar-refractivity contribution in [2.24, 2.45) is 5.92 Å². The van der Waals surface area contributed by atoms with Gasteiger partial charge in [0.15, 0.2) is 17.5 Å². The Bertz CT molecular complexity index is 755. The second-order valence-electron chi connectivity index (χ2n) is 7.10. The Labute approximate surface area is 146 Å². The lowest BCUT2D eigenvalue weighted by Gasteiger charge is -2.32. The third kappa shape index (κ3) is 4.17. The fourth-order valence-electron chi connectivity index (χ4n) is 4.07. The van der Waals surface area contributed by atoms with Gasteiger partial charge in [-0.15, -0.1) is 0 Å². The number of fused-ring (bicyclic) bond motifs is 1. The molecular weight excluding hydrogens is 353 g/mol. The number of hydrogen-bond donors (Lipinski definition) is 2. The van der Waals surface area contributed by atoms with Crippen LogP contribution in [0, 0.1) is 23.4 Å². The van der Waals surface area contributed by atoms with E-state index in [0.717, 1.165) is 38.0 Å². The largest absolute Gasteiger partial charge is 0.309 e. The van der Waals surface area contributed by atoms with Crippen LogP contribution in [0.5, 0.6) is 0 Å². The van der Waals surface area contributed by atoms with Gasteiger partial charge in [-0.25, -0.2) is 26.3 Å². The fraction of sp³-hybridized carbons (Fsp3) is 0.647. The Hall–Kier alpha value is -1.12. The third-order valence-corrected chi connectivity index (χ3v) is 5.97. The molecule has 3 atom stereocenters. The minimum Gasteiger partial charge on any atom is -0.309 e. The average molecular weight is 376 g/mol. The lowest BCUT2D eigenvalue weighted by Crippen LogP contribution is -2.45. The summed E-state index contributed by atoms with van der Waals surface area (Å²) < 4.78 is 66.8. The maximum atomic E-state index is 14.1. The van der Waals surface area contributed by atoms with Crippen molar-refractivity contribution in [3.8, 4) is 0 Å². The smallest absolute Gasteiger partial charge is 0.208 e. The molecule has 0 radical (unpaired) electrons. The predicted molar refractivity (Wildman–Crippen MR) is 89.1 cm³/mol. The van der Waals surface area contributed by atoms with Gasteiger partial charge in [-0.05, 0) is 43.2 Å². The van der Waals surface area contributed by atoms with Gasteiger partial charge in [0.1, 0.15) is 0 Å². The predicted octanol–water partition coefficient (Wildman–Crippen LogP) is 2.79. The van der Waals surface area contributed by atoms with Crippen molar-refractivity contribution in [3.05, 3.63) is 34.6 Å². The summed E-state index contributed by atoms with van der Waals surface area (Å²) in [5.74, 6) is -3.59. The molecule has 2 N–H and O–H groups in total. The average Bonchev–Trinajstić information content (AvgIpc) is 2.93. The van der Waals surface area contributed by atoms with Crippen LogP contribution in [0.25, 0.3) is 0 Å². The fourth-order valence-corrected chi connectivity index (χ4v) is 4.93. The lowest BCUT2D eigenvalue weighted by atomic mass is 9.85. The Kier molecular flexibility index (Phi) is 5.41. The van der Waals surface area contributed by atoms with Crippen LogP contribution < -0.4 is 10.0 Å². The zero-order valence-corrected chi connectivity index (χ0v) is 14.9. The van der Waals surface area contributed by atoms with Gasteiger partial charge in [0, 0.05) is 24.2 Å². The summed E-state index contributed by atoms with van der Waals surface area (Å²) in [5, 5.41) is 3.25. The molecule has 0 aromatic heterocycles. The third-order valence-electron chi connectivity index (χ3n) is 5.24. The molecule has 3 unspecified atom stereocenters. The zero-order valence-electron chi connectivity index (χ0n) is 14.1. The first-order valence-corrected chi connectivity index (χ1v) is 10.5. The van der Waals surface area contributed by atoms with Gasteiger partial charge in [0.2, 0.25) is 10.0 Å². The Morgan fingerprint density at radius 3 is 2.56 bits per heavy atom. The summed E-state index contributed by atoms with van der Waals surface area (Å²) in [7, 11) is -3.29. The summed E-state index contributed by atoms with van der Waals surface area (Å²) in [6.07, 6.45) is 5.85. The van der Waals surface area contributed by atoms with E-state index in [1.54, 1.807) is 0 Å². The highest BCUT2D eigenvalue weighted by Gasteiger charge is 2.32. The first-order chi connectivity index (χ1) is 11.8. The molecule has 140 valence electrons. The molecule has 1 aromatic carbocycles. The Balaban J connectivity index is 1.70. The van der Waals surface area contributed by atoms with E-state index >= 15 is 0 Å². The lowest BCUT2D eigenvalue weighted by molar-refractivity contribution is 0.270. The number of halogens is 3. The SMILES string of the molecule is CS(=O)(=O)NC1CCCCC1CNC1CCc2cc(F)c(F)c(F)c21. The van der Waals surface area contributed by atoms with Crippen molar-refractivity contribution in [2.45, 2.75) is 50.6 Å². The van der Waals surface area contributed by atoms with Crippen LogP contribution in [-0.2, 0) is 16.4 Å². The van der Waals surface area contributed by atoms with E-state index in [9.17, 15) is 21.6 Å². The molecule has 4 nitrogen and oxygen atoms in total. The molecule has 0 heterocycles. The number of sulfonamides is 1. The van der Waals surface area contributed by atoms with E-state index in [-0.39, 0.29) is 23.6 Å². The van der Waals surface area contributed by atoms with Crippen molar-refractivity contribution < 1.29 is 21.6 Å². The molecule has 0 bridgehead atoms. The maximum absolute atomic E-state index is 14.1. The van der Waals surface area contributed by atoms with Gasteiger partial charge in [-0.2, -0.15) is 0 Å². The molecule has 25 heavy (non-hydrogen) atoms. The first-order valence-electron chi connectivity index (χ1n) is 8.63. The van der Waals surface area contributed by atoms with E-state index in [4.69, 9.17) is 0 Å². The van der Waals surface area contributed by atoms with Crippen LogP contribution in [0.3, 0.4) is 0 Å². The molecule has 3 rings (SSSR count). The number of nitrogens with one attached hydrogen (secondary N) is 2. The van der Waals surface area contributed by atoms with Crippen LogP contribution in [0.15, 0.2) is 6.07 Å². The molecule has 8 heteroatoms. The van der Waals surface area contributed by atoms with Gasteiger partial charge in [0.25, 0.3) is 0 Å². The van der Waals surface area contributed by atoms with E-state index < -0.39 is 27.5 Å². The first kappa shape index (κ1) is 18.7. The van der Waals surface area contributed by atoms with Gasteiger partial charge < -0.3 is 5.32 Å². The highest BCUT2D eigenvalue weighted by molar-refractivity contribution is 7.88. The molecular formula is C17H23F3N2O2S.